The molecule has 0 fully saturated rings. The summed E-state index contributed by atoms with van der Waals surface area (Å²) >= 11 is 0. The molecule has 0 bridgehead atoms. The number of hydrogen-bond acceptors (Lipinski definition) is 5. The standard InChI is InChI=1S/C27H33N5O3/c28-27(34)32-23-10-8-21(9-11-23)16-19-29-17-4-5-18-30-20-26(33)31-22-12-14-25(15-13-22)35-24-6-2-1-3-7-24/h1-3,6-15,29-30H,4-5,16-20H2,(H,31,33)(H3,28,32,34). The Kier molecular flexibility index (Phi) is 10.6. The van der Waals surface area contributed by atoms with Crippen LogP contribution in [-0.4, -0.2) is 38.1 Å². The summed E-state index contributed by atoms with van der Waals surface area (Å²) in [7, 11) is 0. The average molecular weight is 476 g/mol. The molecular weight excluding hydrogens is 442 g/mol. The third kappa shape index (κ3) is 10.3. The van der Waals surface area contributed by atoms with Crippen molar-refractivity contribution in [3.05, 3.63) is 84.4 Å². The maximum Gasteiger partial charge on any atom is 0.316 e. The van der Waals surface area contributed by atoms with Crippen molar-refractivity contribution in [1.29, 1.82) is 0 Å². The molecule has 8 heteroatoms. The highest BCUT2D eigenvalue weighted by Gasteiger charge is 2.03. The minimum absolute atomic E-state index is 0.0723. The smallest absolute Gasteiger partial charge is 0.316 e. The van der Waals surface area contributed by atoms with Crippen LogP contribution in [0.25, 0.3) is 0 Å². The topological polar surface area (TPSA) is 118 Å². The molecular formula is C27H33N5O3. The third-order valence-corrected chi connectivity index (χ3v) is 5.17. The van der Waals surface area contributed by atoms with Crippen LogP contribution in [0.2, 0.25) is 0 Å². The number of nitrogens with one attached hydrogen (secondary N) is 4. The first-order valence-electron chi connectivity index (χ1n) is 11.8. The molecule has 0 saturated carbocycles. The summed E-state index contributed by atoms with van der Waals surface area (Å²) in [5.74, 6) is 1.42. The molecule has 8 nitrogen and oxygen atoms in total. The number of nitrogens with two attached hydrogens (primary N) is 1. The van der Waals surface area contributed by atoms with Crippen LogP contribution < -0.4 is 31.7 Å². The number of ether oxygens (including phenoxy) is 1. The van der Waals surface area contributed by atoms with E-state index < -0.39 is 6.03 Å². The van der Waals surface area contributed by atoms with Gasteiger partial charge in [-0.05, 0) is 93.0 Å². The van der Waals surface area contributed by atoms with E-state index in [0.29, 0.717) is 5.69 Å². The molecule has 0 aliphatic rings. The Labute approximate surface area is 206 Å². The van der Waals surface area contributed by atoms with E-state index in [1.807, 2.05) is 78.9 Å². The summed E-state index contributed by atoms with van der Waals surface area (Å²) < 4.78 is 5.76. The first-order chi connectivity index (χ1) is 17.1. The van der Waals surface area contributed by atoms with Crippen molar-refractivity contribution in [2.75, 3.05) is 36.8 Å². The fourth-order valence-electron chi connectivity index (χ4n) is 3.39. The number of unbranched alkanes of at least 4 members (excludes halogenated alkanes) is 1. The van der Waals surface area contributed by atoms with E-state index in [4.69, 9.17) is 10.5 Å². The molecule has 0 aromatic heterocycles. The van der Waals surface area contributed by atoms with Gasteiger partial charge in [0.2, 0.25) is 5.91 Å². The van der Waals surface area contributed by atoms with Gasteiger partial charge in [-0.25, -0.2) is 4.79 Å². The van der Waals surface area contributed by atoms with E-state index in [-0.39, 0.29) is 12.5 Å². The number of carbonyl (C=O) groups is 2. The van der Waals surface area contributed by atoms with Crippen molar-refractivity contribution in [1.82, 2.24) is 10.6 Å². The van der Waals surface area contributed by atoms with Gasteiger partial charge in [0.15, 0.2) is 0 Å². The second-order valence-corrected chi connectivity index (χ2v) is 8.06. The van der Waals surface area contributed by atoms with Gasteiger partial charge in [0.05, 0.1) is 6.54 Å². The largest absolute Gasteiger partial charge is 0.457 e. The molecule has 0 aliphatic carbocycles. The molecule has 0 radical (unpaired) electrons. The monoisotopic (exact) mass is 475 g/mol. The Morgan fingerprint density at radius 2 is 1.29 bits per heavy atom. The zero-order valence-electron chi connectivity index (χ0n) is 19.8. The summed E-state index contributed by atoms with van der Waals surface area (Å²) in [4.78, 5) is 23.0. The SMILES string of the molecule is NC(=O)Nc1ccc(CCNCCCCNCC(=O)Nc2ccc(Oc3ccccc3)cc2)cc1. The molecule has 184 valence electrons. The molecule has 0 unspecified atom stereocenters. The third-order valence-electron chi connectivity index (χ3n) is 5.17. The number of urea groups is 1. The summed E-state index contributed by atoms with van der Waals surface area (Å²) in [5, 5.41) is 12.0. The van der Waals surface area contributed by atoms with Crippen LogP contribution in [0.3, 0.4) is 0 Å². The van der Waals surface area contributed by atoms with Crippen molar-refractivity contribution in [3.8, 4) is 11.5 Å². The summed E-state index contributed by atoms with van der Waals surface area (Å²) in [5.41, 5.74) is 7.73. The van der Waals surface area contributed by atoms with Crippen molar-refractivity contribution >= 4 is 23.3 Å². The molecule has 3 aromatic rings. The van der Waals surface area contributed by atoms with Gasteiger partial charge in [-0.15, -0.1) is 0 Å². The van der Waals surface area contributed by atoms with Crippen molar-refractivity contribution in [2.24, 2.45) is 5.73 Å². The fourth-order valence-corrected chi connectivity index (χ4v) is 3.39. The van der Waals surface area contributed by atoms with Crippen LogP contribution in [0.15, 0.2) is 78.9 Å². The summed E-state index contributed by atoms with van der Waals surface area (Å²) in [6.07, 6.45) is 2.92. The lowest BCUT2D eigenvalue weighted by atomic mass is 10.1. The Balaban J connectivity index is 1.19. The lowest BCUT2D eigenvalue weighted by molar-refractivity contribution is -0.115. The highest BCUT2D eigenvalue weighted by molar-refractivity contribution is 5.92. The predicted molar refractivity (Wildman–Crippen MR) is 140 cm³/mol. The molecule has 0 aliphatic heterocycles. The number of primary amides is 1. The van der Waals surface area contributed by atoms with Crippen LogP contribution in [0, 0.1) is 0 Å². The quantitative estimate of drug-likeness (QED) is 0.225. The first kappa shape index (κ1) is 25.7. The number of benzene rings is 3. The minimum atomic E-state index is -0.561. The van der Waals surface area contributed by atoms with Gasteiger partial charge in [0, 0.05) is 11.4 Å². The van der Waals surface area contributed by atoms with Crippen LogP contribution in [0.4, 0.5) is 16.2 Å². The minimum Gasteiger partial charge on any atom is -0.457 e. The van der Waals surface area contributed by atoms with Gasteiger partial charge >= 0.3 is 6.03 Å². The average Bonchev–Trinajstić information content (AvgIpc) is 2.85. The van der Waals surface area contributed by atoms with Crippen LogP contribution in [0.5, 0.6) is 11.5 Å². The van der Waals surface area contributed by atoms with Gasteiger partial charge in [-0.2, -0.15) is 0 Å². The van der Waals surface area contributed by atoms with Gasteiger partial charge in [0.1, 0.15) is 11.5 Å². The van der Waals surface area contributed by atoms with Crippen LogP contribution in [0.1, 0.15) is 18.4 Å². The number of rotatable bonds is 14. The number of anilines is 2. The Morgan fingerprint density at radius 3 is 1.97 bits per heavy atom. The zero-order valence-corrected chi connectivity index (χ0v) is 19.8. The second-order valence-electron chi connectivity index (χ2n) is 8.06. The molecule has 6 N–H and O–H groups in total. The van der Waals surface area contributed by atoms with E-state index in [1.165, 1.54) is 5.56 Å². The van der Waals surface area contributed by atoms with Gasteiger partial charge < -0.3 is 31.7 Å². The Morgan fingerprint density at radius 1 is 0.686 bits per heavy atom. The zero-order chi connectivity index (χ0) is 24.7. The lowest BCUT2D eigenvalue weighted by Crippen LogP contribution is -2.29. The predicted octanol–water partition coefficient (Wildman–Crippen LogP) is 4.11. The van der Waals surface area contributed by atoms with Gasteiger partial charge in [-0.1, -0.05) is 30.3 Å². The molecule has 0 spiro atoms. The second kappa shape index (κ2) is 14.4. The van der Waals surface area contributed by atoms with Gasteiger partial charge in [0.25, 0.3) is 0 Å². The molecule has 3 aromatic carbocycles. The number of amides is 3. The van der Waals surface area contributed by atoms with Gasteiger partial charge in [-0.3, -0.25) is 4.79 Å². The maximum absolute atomic E-state index is 12.1. The number of carbonyl (C=O) groups excluding carboxylic acids is 2. The summed E-state index contributed by atoms with van der Waals surface area (Å²) in [6, 6.07) is 24.0. The Bertz CT molecular complexity index is 1040. The van der Waals surface area contributed by atoms with Crippen molar-refractivity contribution in [2.45, 2.75) is 19.3 Å². The van der Waals surface area contributed by atoms with E-state index in [0.717, 1.165) is 56.1 Å². The molecule has 3 rings (SSSR count). The fraction of sp³-hybridized carbons (Fsp3) is 0.259. The van der Waals surface area contributed by atoms with Crippen LogP contribution in [-0.2, 0) is 11.2 Å². The molecule has 0 heterocycles. The number of hydrogen-bond donors (Lipinski definition) is 5. The van der Waals surface area contributed by atoms with E-state index in [9.17, 15) is 9.59 Å². The first-order valence-corrected chi connectivity index (χ1v) is 11.8. The highest BCUT2D eigenvalue weighted by Crippen LogP contribution is 2.22. The summed E-state index contributed by atoms with van der Waals surface area (Å²) in [6.45, 7) is 2.86. The van der Waals surface area contributed by atoms with Crippen LogP contribution >= 0.6 is 0 Å². The van der Waals surface area contributed by atoms with Crippen molar-refractivity contribution in [3.63, 3.8) is 0 Å². The highest BCUT2D eigenvalue weighted by atomic mass is 16.5. The van der Waals surface area contributed by atoms with E-state index in [2.05, 4.69) is 21.3 Å². The maximum atomic E-state index is 12.1. The molecule has 0 atom stereocenters. The van der Waals surface area contributed by atoms with Crippen molar-refractivity contribution < 1.29 is 14.3 Å². The van der Waals surface area contributed by atoms with E-state index in [1.54, 1.807) is 0 Å². The molecule has 3 amide bonds. The Hall–Kier alpha value is -3.88. The van der Waals surface area contributed by atoms with E-state index >= 15 is 0 Å². The normalized spacial score (nSPS) is 10.5. The number of para-hydroxylation sites is 1. The lowest BCUT2D eigenvalue weighted by Gasteiger charge is -2.09. The molecule has 0 saturated heterocycles. The molecule has 35 heavy (non-hydrogen) atoms.